The molecule has 32 heavy (non-hydrogen) atoms. The van der Waals surface area contributed by atoms with Crippen LogP contribution in [0.3, 0.4) is 0 Å². The molecule has 0 rings (SSSR count). The van der Waals surface area contributed by atoms with Crippen molar-refractivity contribution in [1.82, 2.24) is 16.0 Å². The lowest BCUT2D eigenvalue weighted by atomic mass is 10.1. The van der Waals surface area contributed by atoms with E-state index in [1.54, 1.807) is 60.6 Å². The number of amides is 3. The number of hydrogen-bond donors (Lipinski definition) is 3. The van der Waals surface area contributed by atoms with E-state index in [2.05, 4.69) is 16.0 Å². The van der Waals surface area contributed by atoms with Crippen molar-refractivity contribution in [1.29, 1.82) is 0 Å². The van der Waals surface area contributed by atoms with Crippen LogP contribution in [0.1, 0.15) is 67.7 Å². The van der Waals surface area contributed by atoms with E-state index in [1.807, 2.05) is 0 Å². The smallest absolute Gasteiger partial charge is 0.408 e. The second-order valence-corrected chi connectivity index (χ2v) is 9.09. The van der Waals surface area contributed by atoms with Crippen LogP contribution in [0, 0.1) is 0 Å². The van der Waals surface area contributed by atoms with E-state index in [0.717, 1.165) is 0 Å². The number of nitrogens with one attached hydrogen (secondary N) is 3. The monoisotopic (exact) mass is 457 g/mol. The van der Waals surface area contributed by atoms with Crippen LogP contribution < -0.4 is 16.0 Å². The number of carbonyl (C=O) groups is 4. The number of allylic oxidation sites excluding steroid dienone is 1. The van der Waals surface area contributed by atoms with Gasteiger partial charge < -0.3 is 30.2 Å². The van der Waals surface area contributed by atoms with E-state index in [4.69, 9.17) is 14.2 Å². The molecular formula is C22H39N3O7. The molecule has 0 heterocycles. The first-order valence-electron chi connectivity index (χ1n) is 10.7. The molecule has 0 aliphatic carbocycles. The molecule has 10 nitrogen and oxygen atoms in total. The highest BCUT2D eigenvalue weighted by Gasteiger charge is 2.24. The molecule has 184 valence electrons. The van der Waals surface area contributed by atoms with Crippen molar-refractivity contribution in [3.63, 3.8) is 0 Å². The minimum Gasteiger partial charge on any atom is -0.460 e. The van der Waals surface area contributed by atoms with Crippen LogP contribution >= 0.6 is 0 Å². The van der Waals surface area contributed by atoms with Crippen molar-refractivity contribution in [2.45, 2.75) is 85.0 Å². The van der Waals surface area contributed by atoms with Crippen molar-refractivity contribution in [3.05, 3.63) is 12.2 Å². The van der Waals surface area contributed by atoms with Crippen molar-refractivity contribution < 1.29 is 33.4 Å². The van der Waals surface area contributed by atoms with Gasteiger partial charge in [-0.1, -0.05) is 12.2 Å². The molecule has 0 spiro atoms. The Labute approximate surface area is 190 Å². The minimum absolute atomic E-state index is 0.120. The molecule has 0 aromatic heterocycles. The summed E-state index contributed by atoms with van der Waals surface area (Å²) in [7, 11) is 0. The average Bonchev–Trinajstić information content (AvgIpc) is 2.62. The SMILES string of the molecule is C/C=C/COC(=O)CNC(=O)[C@H](CCCCNC(=O)OC(C)(C)C)NC(=O)OC(C)(C)C. The van der Waals surface area contributed by atoms with E-state index in [9.17, 15) is 19.2 Å². The van der Waals surface area contributed by atoms with Gasteiger partial charge in [0.1, 0.15) is 30.4 Å². The van der Waals surface area contributed by atoms with Gasteiger partial charge >= 0.3 is 18.2 Å². The van der Waals surface area contributed by atoms with Crippen molar-refractivity contribution in [2.75, 3.05) is 19.7 Å². The van der Waals surface area contributed by atoms with Crippen LogP contribution in [-0.4, -0.2) is 61.0 Å². The van der Waals surface area contributed by atoms with E-state index < -0.39 is 41.3 Å². The highest BCUT2D eigenvalue weighted by Crippen LogP contribution is 2.09. The van der Waals surface area contributed by atoms with Gasteiger partial charge in [0.15, 0.2) is 0 Å². The van der Waals surface area contributed by atoms with Gasteiger partial charge in [0.25, 0.3) is 0 Å². The topological polar surface area (TPSA) is 132 Å². The fraction of sp³-hybridized carbons (Fsp3) is 0.727. The molecule has 0 aliphatic heterocycles. The largest absolute Gasteiger partial charge is 0.460 e. The maximum absolute atomic E-state index is 12.5. The maximum Gasteiger partial charge on any atom is 0.408 e. The summed E-state index contributed by atoms with van der Waals surface area (Å²) >= 11 is 0. The summed E-state index contributed by atoms with van der Waals surface area (Å²) in [5.74, 6) is -1.12. The molecule has 1 atom stereocenters. The third-order valence-corrected chi connectivity index (χ3v) is 3.58. The van der Waals surface area contributed by atoms with E-state index in [1.165, 1.54) is 0 Å². The summed E-state index contributed by atoms with van der Waals surface area (Å²) in [5, 5.41) is 7.63. The average molecular weight is 458 g/mol. The van der Waals surface area contributed by atoms with Gasteiger partial charge in [0, 0.05) is 6.54 Å². The molecule has 0 unspecified atom stereocenters. The van der Waals surface area contributed by atoms with Crippen LogP contribution in [-0.2, 0) is 23.8 Å². The van der Waals surface area contributed by atoms with Crippen LogP contribution in [0.4, 0.5) is 9.59 Å². The number of carbonyl (C=O) groups excluding carboxylic acids is 4. The Bertz CT molecular complexity index is 649. The zero-order valence-corrected chi connectivity index (χ0v) is 20.3. The Morgan fingerprint density at radius 2 is 1.47 bits per heavy atom. The highest BCUT2D eigenvalue weighted by atomic mass is 16.6. The van der Waals surface area contributed by atoms with Crippen LogP contribution in [0.2, 0.25) is 0 Å². The van der Waals surface area contributed by atoms with Gasteiger partial charge in [-0.3, -0.25) is 9.59 Å². The van der Waals surface area contributed by atoms with Crippen molar-refractivity contribution in [3.8, 4) is 0 Å². The molecule has 0 fully saturated rings. The molecule has 0 saturated carbocycles. The van der Waals surface area contributed by atoms with Crippen molar-refractivity contribution in [2.24, 2.45) is 0 Å². The number of hydrogen-bond acceptors (Lipinski definition) is 7. The summed E-state index contributed by atoms with van der Waals surface area (Å²) < 4.78 is 15.3. The van der Waals surface area contributed by atoms with Gasteiger partial charge in [0.05, 0.1) is 0 Å². The summed E-state index contributed by atoms with van der Waals surface area (Å²) in [6, 6.07) is -0.908. The lowest BCUT2D eigenvalue weighted by Crippen LogP contribution is -2.49. The Kier molecular flexibility index (Phi) is 13.1. The lowest BCUT2D eigenvalue weighted by molar-refractivity contribution is -0.143. The predicted molar refractivity (Wildman–Crippen MR) is 120 cm³/mol. The fourth-order valence-electron chi connectivity index (χ4n) is 2.27. The second-order valence-electron chi connectivity index (χ2n) is 9.09. The molecule has 0 saturated heterocycles. The molecule has 0 aromatic carbocycles. The first-order chi connectivity index (χ1) is 14.7. The standard InChI is InChI=1S/C22H39N3O7/c1-8-9-14-30-17(26)15-24-18(27)16(25-20(29)32-22(5,6)7)12-10-11-13-23-19(28)31-21(2,3)4/h8-9,16H,10-15H2,1-7H3,(H,23,28)(H,24,27)(H,25,29)/b9-8+/t16-/m0/s1. The molecular weight excluding hydrogens is 418 g/mol. The molecule has 3 amide bonds. The minimum atomic E-state index is -0.908. The third kappa shape index (κ3) is 17.0. The van der Waals surface area contributed by atoms with Gasteiger partial charge in [-0.15, -0.1) is 0 Å². The van der Waals surface area contributed by atoms with Gasteiger partial charge in [-0.05, 0) is 67.7 Å². The van der Waals surface area contributed by atoms with Crippen LogP contribution in [0.5, 0.6) is 0 Å². The van der Waals surface area contributed by atoms with Gasteiger partial charge in [-0.25, -0.2) is 9.59 Å². The first kappa shape index (κ1) is 29.2. The highest BCUT2D eigenvalue weighted by molar-refractivity contribution is 5.88. The van der Waals surface area contributed by atoms with E-state index in [-0.39, 0.29) is 19.6 Å². The third-order valence-electron chi connectivity index (χ3n) is 3.58. The summed E-state index contributed by atoms with van der Waals surface area (Å²) in [5.41, 5.74) is -1.31. The van der Waals surface area contributed by atoms with Crippen LogP contribution in [0.15, 0.2) is 12.2 Å². The fourth-order valence-corrected chi connectivity index (χ4v) is 2.27. The number of rotatable bonds is 11. The molecule has 0 bridgehead atoms. The molecule has 0 aromatic rings. The molecule has 3 N–H and O–H groups in total. The summed E-state index contributed by atoms with van der Waals surface area (Å²) in [6.07, 6.45) is 3.52. The van der Waals surface area contributed by atoms with E-state index in [0.29, 0.717) is 19.4 Å². The second kappa shape index (κ2) is 14.3. The number of alkyl carbamates (subject to hydrolysis) is 2. The van der Waals surface area contributed by atoms with E-state index >= 15 is 0 Å². The number of unbranched alkanes of at least 4 members (excludes halogenated alkanes) is 1. The molecule has 10 heteroatoms. The Balaban J connectivity index is 4.66. The Morgan fingerprint density at radius 3 is 2.03 bits per heavy atom. The number of esters is 1. The van der Waals surface area contributed by atoms with Crippen molar-refractivity contribution >= 4 is 24.1 Å². The maximum atomic E-state index is 12.5. The zero-order chi connectivity index (χ0) is 24.8. The van der Waals surface area contributed by atoms with Gasteiger partial charge in [0.2, 0.25) is 5.91 Å². The predicted octanol–water partition coefficient (Wildman–Crippen LogP) is 2.81. The van der Waals surface area contributed by atoms with Crippen LogP contribution in [0.25, 0.3) is 0 Å². The normalized spacial score (nSPS) is 12.6. The summed E-state index contributed by atoms with van der Waals surface area (Å²) in [4.78, 5) is 48.0. The van der Waals surface area contributed by atoms with Gasteiger partial charge in [-0.2, -0.15) is 0 Å². The number of ether oxygens (including phenoxy) is 3. The zero-order valence-electron chi connectivity index (χ0n) is 20.3. The Hall–Kier alpha value is -2.78. The lowest BCUT2D eigenvalue weighted by Gasteiger charge is -2.23. The summed E-state index contributed by atoms with van der Waals surface area (Å²) in [6.45, 7) is 12.4. The first-order valence-corrected chi connectivity index (χ1v) is 10.7. The quantitative estimate of drug-likeness (QED) is 0.188. The molecule has 0 radical (unpaired) electrons. The Morgan fingerprint density at radius 1 is 0.875 bits per heavy atom. The molecule has 0 aliphatic rings.